The number of carbonyl (C=O) groups excluding carboxylic acids is 1. The highest BCUT2D eigenvalue weighted by Gasteiger charge is 2.06. The summed E-state index contributed by atoms with van der Waals surface area (Å²) in [5.41, 5.74) is 2.90. The molecule has 0 spiro atoms. The van der Waals surface area contributed by atoms with Crippen molar-refractivity contribution in [3.8, 4) is 0 Å². The van der Waals surface area contributed by atoms with Crippen LogP contribution in [-0.2, 0) is 11.8 Å². The fourth-order valence-corrected chi connectivity index (χ4v) is 1.69. The number of hydrogen-bond acceptors (Lipinski definition) is 3. The maximum Gasteiger partial charge on any atom is 0.249 e. The highest BCUT2D eigenvalue weighted by Crippen LogP contribution is 2.13. The molecular weight excluding hydrogens is 230 g/mol. The number of carbonyl (C=O) groups is 1. The van der Waals surface area contributed by atoms with E-state index in [1.54, 1.807) is 23.0 Å². The second kappa shape index (κ2) is 4.87. The van der Waals surface area contributed by atoms with E-state index in [1.807, 2.05) is 20.9 Å². The zero-order valence-corrected chi connectivity index (χ0v) is 10.6. The molecule has 2 aromatic heterocycles. The minimum atomic E-state index is -0.207. The van der Waals surface area contributed by atoms with Gasteiger partial charge in [0.05, 0.1) is 11.9 Å². The topological polar surface area (TPSA) is 75.6 Å². The maximum absolute atomic E-state index is 11.6. The molecule has 0 aliphatic carbocycles. The molecule has 0 bridgehead atoms. The molecule has 94 valence electrons. The molecule has 0 aliphatic heterocycles. The molecule has 6 nitrogen and oxygen atoms in total. The van der Waals surface area contributed by atoms with Crippen molar-refractivity contribution in [2.24, 2.45) is 7.05 Å². The van der Waals surface area contributed by atoms with Crippen LogP contribution in [0.1, 0.15) is 17.0 Å². The third-order valence-electron chi connectivity index (χ3n) is 2.72. The SMILES string of the molecule is Cc1nn(C)c(C)c1/C=C/C(=O)Nc1ccn[nH]1. The lowest BCUT2D eigenvalue weighted by Gasteiger charge is -1.97. The molecule has 18 heavy (non-hydrogen) atoms. The largest absolute Gasteiger partial charge is 0.307 e. The van der Waals surface area contributed by atoms with Crippen molar-refractivity contribution in [2.45, 2.75) is 13.8 Å². The number of amides is 1. The molecule has 0 saturated carbocycles. The number of H-pyrrole nitrogens is 1. The van der Waals surface area contributed by atoms with Gasteiger partial charge in [-0.1, -0.05) is 0 Å². The van der Waals surface area contributed by atoms with E-state index in [9.17, 15) is 4.79 Å². The van der Waals surface area contributed by atoms with E-state index in [2.05, 4.69) is 20.6 Å². The Kier molecular flexibility index (Phi) is 3.27. The van der Waals surface area contributed by atoms with Crippen LogP contribution in [0, 0.1) is 13.8 Å². The van der Waals surface area contributed by atoms with E-state index in [4.69, 9.17) is 0 Å². The van der Waals surface area contributed by atoms with Crippen LogP contribution in [0.25, 0.3) is 6.08 Å². The summed E-state index contributed by atoms with van der Waals surface area (Å²) >= 11 is 0. The summed E-state index contributed by atoms with van der Waals surface area (Å²) in [5.74, 6) is 0.367. The Labute approximate surface area is 105 Å². The fraction of sp³-hybridized carbons (Fsp3) is 0.250. The van der Waals surface area contributed by atoms with Gasteiger partial charge in [0.2, 0.25) is 5.91 Å². The summed E-state index contributed by atoms with van der Waals surface area (Å²) in [4.78, 5) is 11.6. The Morgan fingerprint density at radius 3 is 2.83 bits per heavy atom. The number of nitrogens with zero attached hydrogens (tertiary/aromatic N) is 3. The molecule has 0 aromatic carbocycles. The summed E-state index contributed by atoms with van der Waals surface area (Å²) in [5, 5.41) is 13.4. The first kappa shape index (κ1) is 12.1. The molecule has 2 heterocycles. The lowest BCUT2D eigenvalue weighted by atomic mass is 10.2. The highest BCUT2D eigenvalue weighted by molar-refractivity contribution is 6.01. The van der Waals surface area contributed by atoms with Crippen molar-refractivity contribution in [1.82, 2.24) is 20.0 Å². The van der Waals surface area contributed by atoms with Crippen molar-refractivity contribution in [2.75, 3.05) is 5.32 Å². The minimum Gasteiger partial charge on any atom is -0.307 e. The van der Waals surface area contributed by atoms with E-state index in [-0.39, 0.29) is 5.91 Å². The van der Waals surface area contributed by atoms with Crippen molar-refractivity contribution in [1.29, 1.82) is 0 Å². The van der Waals surface area contributed by atoms with Gasteiger partial charge in [-0.3, -0.25) is 14.6 Å². The van der Waals surface area contributed by atoms with Gasteiger partial charge in [0.1, 0.15) is 5.82 Å². The third-order valence-corrected chi connectivity index (χ3v) is 2.72. The van der Waals surface area contributed by atoms with Gasteiger partial charge in [0, 0.05) is 30.4 Å². The van der Waals surface area contributed by atoms with Gasteiger partial charge in [-0.25, -0.2) is 0 Å². The Bertz CT molecular complexity index is 580. The first-order valence-electron chi connectivity index (χ1n) is 5.56. The third kappa shape index (κ3) is 2.48. The Hall–Kier alpha value is -2.37. The summed E-state index contributed by atoms with van der Waals surface area (Å²) in [6, 6.07) is 1.69. The first-order valence-corrected chi connectivity index (χ1v) is 5.56. The predicted octanol–water partition coefficient (Wildman–Crippen LogP) is 1.41. The van der Waals surface area contributed by atoms with E-state index in [0.29, 0.717) is 5.82 Å². The molecular formula is C12H15N5O. The molecule has 2 aromatic rings. The number of anilines is 1. The Balaban J connectivity index is 2.09. The van der Waals surface area contributed by atoms with E-state index >= 15 is 0 Å². The molecule has 0 unspecified atom stereocenters. The van der Waals surface area contributed by atoms with Crippen LogP contribution in [0.4, 0.5) is 5.82 Å². The fourth-order valence-electron chi connectivity index (χ4n) is 1.69. The van der Waals surface area contributed by atoms with Gasteiger partial charge < -0.3 is 5.32 Å². The standard InChI is InChI=1S/C12H15N5O/c1-8-10(9(2)17(3)16-8)4-5-12(18)14-11-6-7-13-15-11/h4-7H,1-3H3,(H2,13,14,15,18)/b5-4+. The molecule has 1 amide bonds. The molecule has 2 N–H and O–H groups in total. The highest BCUT2D eigenvalue weighted by atomic mass is 16.1. The smallest absolute Gasteiger partial charge is 0.249 e. The van der Waals surface area contributed by atoms with E-state index < -0.39 is 0 Å². The molecule has 0 atom stereocenters. The van der Waals surface area contributed by atoms with Crippen LogP contribution in [0.5, 0.6) is 0 Å². The first-order chi connectivity index (χ1) is 8.58. The number of aromatic amines is 1. The normalized spacial score (nSPS) is 11.1. The maximum atomic E-state index is 11.6. The number of nitrogens with one attached hydrogen (secondary N) is 2. The van der Waals surface area contributed by atoms with Crippen LogP contribution < -0.4 is 5.32 Å². The van der Waals surface area contributed by atoms with Gasteiger partial charge in [0.15, 0.2) is 0 Å². The monoisotopic (exact) mass is 245 g/mol. The van der Waals surface area contributed by atoms with E-state index in [0.717, 1.165) is 17.0 Å². The average Bonchev–Trinajstić information content (AvgIpc) is 2.88. The summed E-state index contributed by atoms with van der Waals surface area (Å²) in [7, 11) is 1.88. The van der Waals surface area contributed by atoms with Crippen LogP contribution in [0.3, 0.4) is 0 Å². The predicted molar refractivity (Wildman–Crippen MR) is 68.9 cm³/mol. The average molecular weight is 245 g/mol. The van der Waals surface area contributed by atoms with Crippen LogP contribution in [0.2, 0.25) is 0 Å². The molecule has 2 rings (SSSR count). The number of aryl methyl sites for hydroxylation is 2. The van der Waals surface area contributed by atoms with Crippen molar-refractivity contribution >= 4 is 17.8 Å². The zero-order valence-electron chi connectivity index (χ0n) is 10.6. The van der Waals surface area contributed by atoms with Crippen LogP contribution in [-0.4, -0.2) is 25.9 Å². The van der Waals surface area contributed by atoms with Crippen molar-refractivity contribution in [3.63, 3.8) is 0 Å². The Morgan fingerprint density at radius 1 is 1.50 bits per heavy atom. The van der Waals surface area contributed by atoms with Gasteiger partial charge in [-0.15, -0.1) is 0 Å². The number of rotatable bonds is 3. The van der Waals surface area contributed by atoms with Gasteiger partial charge in [-0.2, -0.15) is 10.2 Å². The molecule has 0 fully saturated rings. The van der Waals surface area contributed by atoms with Gasteiger partial charge in [0.25, 0.3) is 0 Å². The quantitative estimate of drug-likeness (QED) is 0.803. The van der Waals surface area contributed by atoms with Crippen molar-refractivity contribution in [3.05, 3.63) is 35.3 Å². The molecule has 0 radical (unpaired) electrons. The van der Waals surface area contributed by atoms with Crippen molar-refractivity contribution < 1.29 is 4.79 Å². The van der Waals surface area contributed by atoms with E-state index in [1.165, 1.54) is 6.08 Å². The number of hydrogen-bond donors (Lipinski definition) is 2. The van der Waals surface area contributed by atoms with Gasteiger partial charge in [-0.05, 0) is 19.9 Å². The van der Waals surface area contributed by atoms with Crippen LogP contribution >= 0.6 is 0 Å². The molecule has 0 saturated heterocycles. The minimum absolute atomic E-state index is 0.207. The summed E-state index contributed by atoms with van der Waals surface area (Å²) in [6.45, 7) is 3.88. The lowest BCUT2D eigenvalue weighted by Crippen LogP contribution is -2.07. The van der Waals surface area contributed by atoms with Gasteiger partial charge >= 0.3 is 0 Å². The number of aromatic nitrogens is 4. The second-order valence-corrected chi connectivity index (χ2v) is 4.00. The molecule has 6 heteroatoms. The second-order valence-electron chi connectivity index (χ2n) is 4.00. The lowest BCUT2D eigenvalue weighted by molar-refractivity contribution is -0.111. The van der Waals surface area contributed by atoms with Crippen LogP contribution in [0.15, 0.2) is 18.3 Å². The molecule has 0 aliphatic rings. The summed E-state index contributed by atoms with van der Waals surface area (Å²) in [6.07, 6.45) is 4.83. The zero-order chi connectivity index (χ0) is 13.1. The summed E-state index contributed by atoms with van der Waals surface area (Å²) < 4.78 is 1.79. The Morgan fingerprint density at radius 2 is 2.28 bits per heavy atom.